The van der Waals surface area contributed by atoms with Gasteiger partial charge in [-0.1, -0.05) is 0 Å². The largest absolute Gasteiger partial charge is 0.366 e. The fraction of sp³-hybridized carbons (Fsp3) is 0.250. The number of carbonyl (C=O) groups excluding carboxylic acids is 1. The zero-order valence-electron chi connectivity index (χ0n) is 7.40. The van der Waals surface area contributed by atoms with E-state index in [9.17, 15) is 4.79 Å². The Bertz CT molecular complexity index is 302. The number of pyridine rings is 1. The van der Waals surface area contributed by atoms with Crippen molar-refractivity contribution in [3.05, 3.63) is 29.1 Å². The lowest BCUT2D eigenvalue weighted by Crippen LogP contribution is -2.13. The van der Waals surface area contributed by atoms with Crippen LogP contribution in [0, 0.1) is 13.8 Å². The summed E-state index contributed by atoms with van der Waals surface area (Å²) in [5.41, 5.74) is 7.36. The SMILES string of the molecule is Cc1cc(C)c(C(N)=O)cn1.Cl.Cl. The Balaban J connectivity index is 0. The van der Waals surface area contributed by atoms with Gasteiger partial charge < -0.3 is 5.73 Å². The number of rotatable bonds is 1. The van der Waals surface area contributed by atoms with Gasteiger partial charge >= 0.3 is 0 Å². The van der Waals surface area contributed by atoms with Crippen molar-refractivity contribution in [1.82, 2.24) is 4.98 Å². The Labute approximate surface area is 89.6 Å². The Kier molecular flexibility index (Phi) is 6.54. The molecule has 1 rings (SSSR count). The molecular formula is C8H12Cl2N2O. The number of nitrogens with two attached hydrogens (primary N) is 1. The van der Waals surface area contributed by atoms with Gasteiger partial charge in [0.1, 0.15) is 0 Å². The van der Waals surface area contributed by atoms with Crippen molar-refractivity contribution in [3.8, 4) is 0 Å². The number of aromatic nitrogens is 1. The molecule has 0 aliphatic carbocycles. The number of halogens is 2. The number of aryl methyl sites for hydroxylation is 2. The van der Waals surface area contributed by atoms with Crippen molar-refractivity contribution in [2.24, 2.45) is 5.73 Å². The minimum Gasteiger partial charge on any atom is -0.366 e. The van der Waals surface area contributed by atoms with Gasteiger partial charge in [-0.15, -0.1) is 24.8 Å². The third-order valence-electron chi connectivity index (χ3n) is 1.51. The lowest BCUT2D eigenvalue weighted by atomic mass is 10.1. The monoisotopic (exact) mass is 222 g/mol. The summed E-state index contributed by atoms with van der Waals surface area (Å²) in [5.74, 6) is -0.421. The molecule has 0 saturated heterocycles. The average molecular weight is 223 g/mol. The van der Waals surface area contributed by atoms with Gasteiger partial charge in [-0.25, -0.2) is 0 Å². The zero-order valence-corrected chi connectivity index (χ0v) is 9.04. The first-order valence-electron chi connectivity index (χ1n) is 3.34. The zero-order chi connectivity index (χ0) is 8.43. The third kappa shape index (κ3) is 3.61. The van der Waals surface area contributed by atoms with E-state index in [4.69, 9.17) is 5.73 Å². The van der Waals surface area contributed by atoms with E-state index < -0.39 is 5.91 Å². The maximum Gasteiger partial charge on any atom is 0.250 e. The highest BCUT2D eigenvalue weighted by atomic mass is 35.5. The van der Waals surface area contributed by atoms with Crippen LogP contribution in [0.5, 0.6) is 0 Å². The first kappa shape index (κ1) is 14.7. The van der Waals surface area contributed by atoms with Crippen LogP contribution in [-0.4, -0.2) is 10.9 Å². The molecular weight excluding hydrogens is 211 g/mol. The van der Waals surface area contributed by atoms with Crippen molar-refractivity contribution >= 4 is 30.7 Å². The summed E-state index contributed by atoms with van der Waals surface area (Å²) in [6.45, 7) is 3.71. The normalized spacial score (nSPS) is 8.15. The molecule has 0 saturated carbocycles. The van der Waals surface area contributed by atoms with E-state index in [-0.39, 0.29) is 24.8 Å². The smallest absolute Gasteiger partial charge is 0.250 e. The summed E-state index contributed by atoms with van der Waals surface area (Å²) >= 11 is 0. The van der Waals surface area contributed by atoms with Gasteiger partial charge in [0.15, 0.2) is 0 Å². The van der Waals surface area contributed by atoms with Crippen molar-refractivity contribution < 1.29 is 4.79 Å². The standard InChI is InChI=1S/C8H10N2O.2ClH/c1-5-3-6(2)10-4-7(5)8(9)11;;/h3-4H,1-2H3,(H2,9,11);2*1H. The van der Waals surface area contributed by atoms with Gasteiger partial charge in [0.05, 0.1) is 5.56 Å². The predicted octanol–water partition coefficient (Wildman–Crippen LogP) is 1.64. The van der Waals surface area contributed by atoms with Crippen LogP contribution >= 0.6 is 24.8 Å². The molecule has 0 spiro atoms. The molecule has 0 aliphatic heterocycles. The van der Waals surface area contributed by atoms with Gasteiger partial charge in [-0.3, -0.25) is 9.78 Å². The molecule has 5 heteroatoms. The topological polar surface area (TPSA) is 56.0 Å². The maximum atomic E-state index is 10.7. The molecule has 2 N–H and O–H groups in total. The summed E-state index contributed by atoms with van der Waals surface area (Å²) in [4.78, 5) is 14.7. The second-order valence-corrected chi connectivity index (χ2v) is 2.50. The van der Waals surface area contributed by atoms with E-state index in [2.05, 4.69) is 4.98 Å². The molecule has 1 aromatic heterocycles. The first-order chi connectivity index (χ1) is 5.11. The highest BCUT2D eigenvalue weighted by Crippen LogP contribution is 2.05. The molecule has 1 aromatic rings. The van der Waals surface area contributed by atoms with Crippen LogP contribution in [0.4, 0.5) is 0 Å². The number of primary amides is 1. The van der Waals surface area contributed by atoms with Gasteiger partial charge in [-0.2, -0.15) is 0 Å². The fourth-order valence-electron chi connectivity index (χ4n) is 0.954. The van der Waals surface area contributed by atoms with Gasteiger partial charge in [0.2, 0.25) is 0 Å². The van der Waals surface area contributed by atoms with Crippen LogP contribution < -0.4 is 5.73 Å². The maximum absolute atomic E-state index is 10.7. The summed E-state index contributed by atoms with van der Waals surface area (Å²) < 4.78 is 0. The molecule has 1 amide bonds. The Morgan fingerprint density at radius 2 is 1.92 bits per heavy atom. The summed E-state index contributed by atoms with van der Waals surface area (Å²) in [7, 11) is 0. The Morgan fingerprint density at radius 3 is 2.31 bits per heavy atom. The lowest BCUT2D eigenvalue weighted by molar-refractivity contribution is 0.0999. The minimum absolute atomic E-state index is 0. The van der Waals surface area contributed by atoms with E-state index in [0.717, 1.165) is 11.3 Å². The number of amides is 1. The second-order valence-electron chi connectivity index (χ2n) is 2.50. The van der Waals surface area contributed by atoms with Crippen molar-refractivity contribution in [2.75, 3.05) is 0 Å². The molecule has 0 aliphatic rings. The highest BCUT2D eigenvalue weighted by molar-refractivity contribution is 5.93. The van der Waals surface area contributed by atoms with Crippen molar-refractivity contribution in [3.63, 3.8) is 0 Å². The van der Waals surface area contributed by atoms with Gasteiger partial charge in [0, 0.05) is 11.9 Å². The number of carbonyl (C=O) groups is 1. The first-order valence-corrected chi connectivity index (χ1v) is 3.34. The highest BCUT2D eigenvalue weighted by Gasteiger charge is 2.03. The molecule has 74 valence electrons. The molecule has 0 unspecified atom stereocenters. The summed E-state index contributed by atoms with van der Waals surface area (Å²) in [6.07, 6.45) is 1.51. The number of hydrogen-bond donors (Lipinski definition) is 1. The van der Waals surface area contributed by atoms with Crippen molar-refractivity contribution in [1.29, 1.82) is 0 Å². The van der Waals surface area contributed by atoms with Crippen LogP contribution in [0.1, 0.15) is 21.6 Å². The molecule has 13 heavy (non-hydrogen) atoms. The summed E-state index contributed by atoms with van der Waals surface area (Å²) in [6, 6.07) is 1.83. The van der Waals surface area contributed by atoms with E-state index >= 15 is 0 Å². The van der Waals surface area contributed by atoms with E-state index in [1.807, 2.05) is 19.9 Å². The molecule has 0 radical (unpaired) electrons. The number of nitrogens with zero attached hydrogens (tertiary/aromatic N) is 1. The van der Waals surface area contributed by atoms with Crippen molar-refractivity contribution in [2.45, 2.75) is 13.8 Å². The van der Waals surface area contributed by atoms with E-state index in [1.165, 1.54) is 6.20 Å². The molecule has 0 aromatic carbocycles. The summed E-state index contributed by atoms with van der Waals surface area (Å²) in [5, 5.41) is 0. The van der Waals surface area contributed by atoms with Crippen LogP contribution in [0.15, 0.2) is 12.3 Å². The molecule has 0 fully saturated rings. The quantitative estimate of drug-likeness (QED) is 0.786. The van der Waals surface area contributed by atoms with Crippen LogP contribution in [0.2, 0.25) is 0 Å². The fourth-order valence-corrected chi connectivity index (χ4v) is 0.954. The van der Waals surface area contributed by atoms with Crippen LogP contribution in [-0.2, 0) is 0 Å². The van der Waals surface area contributed by atoms with E-state index in [1.54, 1.807) is 0 Å². The lowest BCUT2D eigenvalue weighted by Gasteiger charge is -2.00. The molecule has 1 heterocycles. The molecule has 0 bridgehead atoms. The van der Waals surface area contributed by atoms with Crippen LogP contribution in [0.25, 0.3) is 0 Å². The third-order valence-corrected chi connectivity index (χ3v) is 1.51. The molecule has 3 nitrogen and oxygen atoms in total. The average Bonchev–Trinajstić information content (AvgIpc) is 1.85. The predicted molar refractivity (Wildman–Crippen MR) is 56.7 cm³/mol. The van der Waals surface area contributed by atoms with Gasteiger partial charge in [0.25, 0.3) is 5.91 Å². The van der Waals surface area contributed by atoms with Crippen LogP contribution in [0.3, 0.4) is 0 Å². The number of hydrogen-bond acceptors (Lipinski definition) is 2. The molecule has 0 atom stereocenters. The van der Waals surface area contributed by atoms with E-state index in [0.29, 0.717) is 5.56 Å². The second kappa shape index (κ2) is 5.78. The van der Waals surface area contributed by atoms with Gasteiger partial charge in [-0.05, 0) is 25.5 Å². The Hall–Kier alpha value is -0.800. The minimum atomic E-state index is -0.421. The Morgan fingerprint density at radius 1 is 1.38 bits per heavy atom.